The Bertz CT molecular complexity index is 468. The second-order valence-corrected chi connectivity index (χ2v) is 8.53. The summed E-state index contributed by atoms with van der Waals surface area (Å²) in [5.74, 6) is 4.94. The van der Waals surface area contributed by atoms with E-state index in [1.54, 1.807) is 11.1 Å². The molecule has 0 aromatic heterocycles. The highest BCUT2D eigenvalue weighted by Gasteiger charge is 2.54. The van der Waals surface area contributed by atoms with Crippen LogP contribution in [0.1, 0.15) is 65.7 Å². The van der Waals surface area contributed by atoms with Crippen LogP contribution in [0.4, 0.5) is 0 Å². The maximum atomic E-state index is 2.63. The summed E-state index contributed by atoms with van der Waals surface area (Å²) >= 11 is 0. The van der Waals surface area contributed by atoms with Crippen LogP contribution < -0.4 is 0 Å². The average Bonchev–Trinajstić information content (AvgIpc) is 2.74. The van der Waals surface area contributed by atoms with Gasteiger partial charge in [-0.2, -0.15) is 0 Å². The molecule has 2 fully saturated rings. The van der Waals surface area contributed by atoms with Gasteiger partial charge in [0.15, 0.2) is 0 Å². The summed E-state index contributed by atoms with van der Waals surface area (Å²) in [4.78, 5) is 0. The van der Waals surface area contributed by atoms with Gasteiger partial charge in [0.2, 0.25) is 0 Å². The smallest absolute Gasteiger partial charge is 0.0131 e. The number of hydrogen-bond acceptors (Lipinski definition) is 0. The van der Waals surface area contributed by atoms with Crippen LogP contribution in [0.15, 0.2) is 23.3 Å². The second-order valence-electron chi connectivity index (χ2n) is 8.53. The van der Waals surface area contributed by atoms with Gasteiger partial charge < -0.3 is 0 Å². The number of allylic oxidation sites excluding steroid dienone is 4. The molecule has 0 heterocycles. The first kappa shape index (κ1) is 13.2. The standard InChI is InChI=1S/C20H30/c1-13-4-7-16-15(12-13)6-8-18-17(16)10-11-20(3)14(2)5-9-19(18)20/h6,12,14,16-19H,4-5,7-11H2,1-3H3/t14-,16?,17?,18?,19?,20+/m0/s1. The van der Waals surface area contributed by atoms with Crippen molar-refractivity contribution in [2.75, 3.05) is 0 Å². The lowest BCUT2D eigenvalue weighted by molar-refractivity contribution is -0.00513. The Morgan fingerprint density at radius 3 is 2.80 bits per heavy atom. The molecule has 2 saturated carbocycles. The first-order chi connectivity index (χ1) is 9.59. The van der Waals surface area contributed by atoms with E-state index in [1.165, 1.54) is 44.9 Å². The lowest BCUT2D eigenvalue weighted by Gasteiger charge is -2.52. The molecule has 4 unspecified atom stereocenters. The zero-order valence-corrected chi connectivity index (χ0v) is 13.5. The lowest BCUT2D eigenvalue weighted by atomic mass is 9.52. The molecule has 0 aliphatic heterocycles. The van der Waals surface area contributed by atoms with Crippen molar-refractivity contribution in [2.24, 2.45) is 35.0 Å². The minimum atomic E-state index is 0.674. The molecule has 0 bridgehead atoms. The third-order valence-corrected chi connectivity index (χ3v) is 7.80. The molecule has 0 spiro atoms. The maximum absolute atomic E-state index is 2.63. The molecule has 6 atom stereocenters. The molecule has 4 aliphatic rings. The normalized spacial score (nSPS) is 50.6. The quantitative estimate of drug-likeness (QED) is 0.525. The summed E-state index contributed by atoms with van der Waals surface area (Å²) < 4.78 is 0. The molecule has 0 amide bonds. The molecule has 0 aromatic rings. The number of rotatable bonds is 0. The van der Waals surface area contributed by atoms with Gasteiger partial charge >= 0.3 is 0 Å². The minimum absolute atomic E-state index is 0.674. The molecule has 0 aromatic carbocycles. The molecule has 0 saturated heterocycles. The van der Waals surface area contributed by atoms with Gasteiger partial charge in [-0.25, -0.2) is 0 Å². The van der Waals surface area contributed by atoms with Crippen LogP contribution in [-0.2, 0) is 0 Å². The van der Waals surface area contributed by atoms with Gasteiger partial charge in [0.25, 0.3) is 0 Å². The summed E-state index contributed by atoms with van der Waals surface area (Å²) in [7, 11) is 0. The number of hydrogen-bond donors (Lipinski definition) is 0. The summed E-state index contributed by atoms with van der Waals surface area (Å²) in [6.45, 7) is 7.46. The van der Waals surface area contributed by atoms with Crippen molar-refractivity contribution >= 4 is 0 Å². The highest BCUT2D eigenvalue weighted by Crippen LogP contribution is 2.62. The molecule has 4 aliphatic carbocycles. The minimum Gasteiger partial charge on any atom is -0.0807 e. The van der Waals surface area contributed by atoms with Crippen molar-refractivity contribution in [3.05, 3.63) is 23.3 Å². The topological polar surface area (TPSA) is 0 Å². The Morgan fingerprint density at radius 2 is 1.95 bits per heavy atom. The number of fused-ring (bicyclic) bond motifs is 5. The van der Waals surface area contributed by atoms with E-state index in [1.807, 2.05) is 0 Å². The predicted octanol–water partition coefficient (Wildman–Crippen LogP) is 5.75. The SMILES string of the molecule is CC1=CC2=CCC3C(CC[C@@]4(C)C3CC[C@@H]4C)C2CC1. The van der Waals surface area contributed by atoms with Crippen LogP contribution in [0.2, 0.25) is 0 Å². The first-order valence-electron chi connectivity index (χ1n) is 8.97. The molecule has 0 heteroatoms. The zero-order chi connectivity index (χ0) is 13.9. The predicted molar refractivity (Wildman–Crippen MR) is 85.4 cm³/mol. The summed E-state index contributed by atoms with van der Waals surface area (Å²) in [6, 6.07) is 0. The van der Waals surface area contributed by atoms with Gasteiger partial charge in [-0.1, -0.05) is 31.6 Å². The summed E-state index contributed by atoms with van der Waals surface area (Å²) in [5.41, 5.74) is 4.00. The van der Waals surface area contributed by atoms with E-state index in [0.29, 0.717) is 5.41 Å². The highest BCUT2D eigenvalue weighted by atomic mass is 14.6. The monoisotopic (exact) mass is 270 g/mol. The largest absolute Gasteiger partial charge is 0.0807 e. The fourth-order valence-electron chi connectivity index (χ4n) is 6.38. The van der Waals surface area contributed by atoms with Gasteiger partial charge in [-0.15, -0.1) is 0 Å². The van der Waals surface area contributed by atoms with Gasteiger partial charge in [0, 0.05) is 0 Å². The van der Waals surface area contributed by atoms with Crippen LogP contribution in [0, 0.1) is 35.0 Å². The molecule has 0 N–H and O–H groups in total. The molecule has 110 valence electrons. The molecular formula is C20H30. The van der Waals surface area contributed by atoms with E-state index in [9.17, 15) is 0 Å². The van der Waals surface area contributed by atoms with Crippen molar-refractivity contribution in [2.45, 2.75) is 65.7 Å². The first-order valence-corrected chi connectivity index (χ1v) is 8.97. The molecule has 0 nitrogen and oxygen atoms in total. The van der Waals surface area contributed by atoms with E-state index < -0.39 is 0 Å². The highest BCUT2D eigenvalue weighted by molar-refractivity contribution is 5.32. The van der Waals surface area contributed by atoms with E-state index in [0.717, 1.165) is 29.6 Å². The van der Waals surface area contributed by atoms with Crippen molar-refractivity contribution in [3.8, 4) is 0 Å². The third kappa shape index (κ3) is 1.72. The van der Waals surface area contributed by atoms with E-state index >= 15 is 0 Å². The van der Waals surface area contributed by atoms with Crippen LogP contribution in [0.5, 0.6) is 0 Å². The van der Waals surface area contributed by atoms with E-state index in [2.05, 4.69) is 32.9 Å². The average molecular weight is 270 g/mol. The molecule has 4 rings (SSSR count). The van der Waals surface area contributed by atoms with Crippen LogP contribution >= 0.6 is 0 Å². The van der Waals surface area contributed by atoms with Crippen LogP contribution in [-0.4, -0.2) is 0 Å². The Hall–Kier alpha value is -0.520. The fraction of sp³-hybridized carbons (Fsp3) is 0.800. The van der Waals surface area contributed by atoms with Gasteiger partial charge in [0.1, 0.15) is 0 Å². The van der Waals surface area contributed by atoms with Crippen molar-refractivity contribution in [1.29, 1.82) is 0 Å². The third-order valence-electron chi connectivity index (χ3n) is 7.80. The molecular weight excluding hydrogens is 240 g/mol. The van der Waals surface area contributed by atoms with Crippen molar-refractivity contribution < 1.29 is 0 Å². The maximum Gasteiger partial charge on any atom is -0.0131 e. The molecule has 0 radical (unpaired) electrons. The summed E-state index contributed by atoms with van der Waals surface area (Å²) in [5, 5.41) is 0. The fourth-order valence-corrected chi connectivity index (χ4v) is 6.38. The van der Waals surface area contributed by atoms with Crippen LogP contribution in [0.3, 0.4) is 0 Å². The Morgan fingerprint density at radius 1 is 1.10 bits per heavy atom. The van der Waals surface area contributed by atoms with Gasteiger partial charge in [-0.05, 0) is 92.4 Å². The van der Waals surface area contributed by atoms with Gasteiger partial charge in [0.05, 0.1) is 0 Å². The lowest BCUT2D eigenvalue weighted by Crippen LogP contribution is -2.45. The Labute approximate surface area is 124 Å². The van der Waals surface area contributed by atoms with E-state index in [4.69, 9.17) is 0 Å². The molecule has 20 heavy (non-hydrogen) atoms. The van der Waals surface area contributed by atoms with Crippen molar-refractivity contribution in [1.82, 2.24) is 0 Å². The second kappa shape index (κ2) is 4.49. The van der Waals surface area contributed by atoms with Crippen molar-refractivity contribution in [3.63, 3.8) is 0 Å². The Balaban J connectivity index is 1.66. The van der Waals surface area contributed by atoms with Gasteiger partial charge in [-0.3, -0.25) is 0 Å². The zero-order valence-electron chi connectivity index (χ0n) is 13.5. The van der Waals surface area contributed by atoms with Crippen LogP contribution in [0.25, 0.3) is 0 Å². The summed E-state index contributed by atoms with van der Waals surface area (Å²) in [6.07, 6.45) is 15.3. The Kier molecular flexibility index (Phi) is 2.95. The van der Waals surface area contributed by atoms with E-state index in [-0.39, 0.29) is 0 Å².